The lowest BCUT2D eigenvalue weighted by molar-refractivity contribution is 0.0995. The van der Waals surface area contributed by atoms with Crippen molar-refractivity contribution in [2.24, 2.45) is 5.73 Å². The number of amides is 1. The van der Waals surface area contributed by atoms with Gasteiger partial charge < -0.3 is 10.6 Å². The molecule has 0 atom stereocenters. The second-order valence-corrected chi connectivity index (χ2v) is 5.38. The predicted molar refractivity (Wildman–Crippen MR) is 84.5 cm³/mol. The average molecular weight is 297 g/mol. The number of carbonyl (C=O) groups excluding carboxylic acids is 1. The zero-order valence-electron chi connectivity index (χ0n) is 12.4. The molecule has 114 valence electrons. The summed E-state index contributed by atoms with van der Waals surface area (Å²) in [6, 6.07) is 7.79. The number of nitrogens with two attached hydrogens (primary N) is 1. The fourth-order valence-electron chi connectivity index (χ4n) is 2.66. The van der Waals surface area contributed by atoms with Crippen LogP contribution >= 0.6 is 0 Å². The molecule has 1 aliphatic rings. The number of carbonyl (C=O) groups is 1. The van der Waals surface area contributed by atoms with Crippen molar-refractivity contribution in [3.63, 3.8) is 0 Å². The van der Waals surface area contributed by atoms with Crippen LogP contribution in [0.3, 0.4) is 0 Å². The molecular weight excluding hydrogens is 278 g/mol. The standard InChI is InChI=1S/C16H19N5O/c17-16(22)15-11-14(3-6-19-15)21-9-7-20(8-10-21)12-13-1-4-18-5-2-13/h1-6,11H,7-10,12H2,(H2,17,22). The van der Waals surface area contributed by atoms with Gasteiger partial charge in [0.15, 0.2) is 0 Å². The summed E-state index contributed by atoms with van der Waals surface area (Å²) < 4.78 is 0. The molecule has 0 unspecified atom stereocenters. The van der Waals surface area contributed by atoms with Gasteiger partial charge in [-0.3, -0.25) is 19.7 Å². The summed E-state index contributed by atoms with van der Waals surface area (Å²) in [7, 11) is 0. The van der Waals surface area contributed by atoms with Gasteiger partial charge in [0.25, 0.3) is 5.91 Å². The summed E-state index contributed by atoms with van der Waals surface area (Å²) in [6.07, 6.45) is 5.29. The van der Waals surface area contributed by atoms with E-state index in [0.29, 0.717) is 5.69 Å². The van der Waals surface area contributed by atoms with Crippen molar-refractivity contribution in [2.75, 3.05) is 31.1 Å². The number of hydrogen-bond acceptors (Lipinski definition) is 5. The van der Waals surface area contributed by atoms with Crippen LogP contribution in [0.5, 0.6) is 0 Å². The Morgan fingerprint density at radius 1 is 1.09 bits per heavy atom. The normalized spacial score (nSPS) is 15.7. The number of hydrogen-bond donors (Lipinski definition) is 1. The Balaban J connectivity index is 1.60. The molecule has 3 heterocycles. The van der Waals surface area contributed by atoms with E-state index in [0.717, 1.165) is 38.4 Å². The van der Waals surface area contributed by atoms with Crippen molar-refractivity contribution >= 4 is 11.6 Å². The molecule has 0 aliphatic carbocycles. The first kappa shape index (κ1) is 14.5. The first-order valence-electron chi connectivity index (χ1n) is 7.34. The number of primary amides is 1. The molecule has 2 aromatic heterocycles. The van der Waals surface area contributed by atoms with Gasteiger partial charge in [-0.05, 0) is 29.8 Å². The van der Waals surface area contributed by atoms with Crippen LogP contribution in [0.2, 0.25) is 0 Å². The maximum atomic E-state index is 11.2. The maximum absolute atomic E-state index is 11.2. The number of aromatic nitrogens is 2. The summed E-state index contributed by atoms with van der Waals surface area (Å²) in [5.74, 6) is -0.488. The smallest absolute Gasteiger partial charge is 0.267 e. The van der Waals surface area contributed by atoms with Crippen LogP contribution in [0.15, 0.2) is 42.9 Å². The van der Waals surface area contributed by atoms with Crippen LogP contribution in [0.25, 0.3) is 0 Å². The fraction of sp³-hybridized carbons (Fsp3) is 0.312. The second kappa shape index (κ2) is 6.53. The lowest BCUT2D eigenvalue weighted by atomic mass is 10.2. The highest BCUT2D eigenvalue weighted by Gasteiger charge is 2.18. The van der Waals surface area contributed by atoms with Gasteiger partial charge in [-0.25, -0.2) is 0 Å². The molecule has 1 saturated heterocycles. The zero-order valence-corrected chi connectivity index (χ0v) is 12.4. The number of rotatable bonds is 4. The van der Waals surface area contributed by atoms with Gasteiger partial charge in [0.1, 0.15) is 5.69 Å². The minimum absolute atomic E-state index is 0.316. The van der Waals surface area contributed by atoms with E-state index in [9.17, 15) is 4.79 Å². The summed E-state index contributed by atoms with van der Waals surface area (Å²) in [5.41, 5.74) is 7.89. The molecule has 0 radical (unpaired) electrons. The largest absolute Gasteiger partial charge is 0.369 e. The quantitative estimate of drug-likeness (QED) is 0.907. The molecule has 0 spiro atoms. The third-order valence-corrected chi connectivity index (χ3v) is 3.89. The van der Waals surface area contributed by atoms with Crippen molar-refractivity contribution in [1.29, 1.82) is 0 Å². The van der Waals surface area contributed by atoms with E-state index in [1.807, 2.05) is 30.6 Å². The van der Waals surface area contributed by atoms with Crippen molar-refractivity contribution in [2.45, 2.75) is 6.54 Å². The molecule has 1 aliphatic heterocycles. The van der Waals surface area contributed by atoms with E-state index in [1.165, 1.54) is 5.56 Å². The molecule has 1 amide bonds. The van der Waals surface area contributed by atoms with Crippen molar-refractivity contribution < 1.29 is 4.79 Å². The average Bonchev–Trinajstić information content (AvgIpc) is 2.56. The Bertz CT molecular complexity index is 638. The Labute approximate surface area is 129 Å². The first-order valence-corrected chi connectivity index (χ1v) is 7.34. The molecule has 2 N–H and O–H groups in total. The highest BCUT2D eigenvalue weighted by molar-refractivity contribution is 5.91. The van der Waals surface area contributed by atoms with Crippen LogP contribution in [0.1, 0.15) is 16.1 Å². The Hall–Kier alpha value is -2.47. The fourth-order valence-corrected chi connectivity index (χ4v) is 2.66. The zero-order chi connectivity index (χ0) is 15.4. The van der Waals surface area contributed by atoms with E-state index in [4.69, 9.17) is 5.73 Å². The molecule has 0 saturated carbocycles. The van der Waals surface area contributed by atoms with Gasteiger partial charge in [0.05, 0.1) is 0 Å². The number of piperazine rings is 1. The van der Waals surface area contributed by atoms with Crippen molar-refractivity contribution in [1.82, 2.24) is 14.9 Å². The maximum Gasteiger partial charge on any atom is 0.267 e. The summed E-state index contributed by atoms with van der Waals surface area (Å²) in [5, 5.41) is 0. The molecular formula is C16H19N5O. The van der Waals surface area contributed by atoms with E-state index in [-0.39, 0.29) is 0 Å². The van der Waals surface area contributed by atoms with Crippen molar-refractivity contribution in [3.8, 4) is 0 Å². The van der Waals surface area contributed by atoms with Gasteiger partial charge in [0.2, 0.25) is 0 Å². The van der Waals surface area contributed by atoms with Crippen LogP contribution in [-0.4, -0.2) is 47.0 Å². The topological polar surface area (TPSA) is 75.4 Å². The van der Waals surface area contributed by atoms with Crippen LogP contribution in [0.4, 0.5) is 5.69 Å². The van der Waals surface area contributed by atoms with Gasteiger partial charge in [-0.1, -0.05) is 0 Å². The van der Waals surface area contributed by atoms with Crippen molar-refractivity contribution in [3.05, 3.63) is 54.1 Å². The monoisotopic (exact) mass is 297 g/mol. The molecule has 1 fully saturated rings. The second-order valence-electron chi connectivity index (χ2n) is 5.38. The van der Waals surface area contributed by atoms with E-state index < -0.39 is 5.91 Å². The first-order chi connectivity index (χ1) is 10.7. The van der Waals surface area contributed by atoms with Gasteiger partial charge >= 0.3 is 0 Å². The number of anilines is 1. The van der Waals surface area contributed by atoms with Gasteiger partial charge in [0, 0.05) is 57.0 Å². The molecule has 6 nitrogen and oxygen atoms in total. The van der Waals surface area contributed by atoms with Crippen LogP contribution < -0.4 is 10.6 Å². The Morgan fingerprint density at radius 3 is 2.50 bits per heavy atom. The number of nitrogens with zero attached hydrogens (tertiary/aromatic N) is 4. The molecule has 22 heavy (non-hydrogen) atoms. The number of pyridine rings is 2. The summed E-state index contributed by atoms with van der Waals surface area (Å²) >= 11 is 0. The lowest BCUT2D eigenvalue weighted by Gasteiger charge is -2.36. The minimum Gasteiger partial charge on any atom is -0.369 e. The highest BCUT2D eigenvalue weighted by atomic mass is 16.1. The van der Waals surface area contributed by atoms with E-state index >= 15 is 0 Å². The summed E-state index contributed by atoms with van der Waals surface area (Å²) in [4.78, 5) is 23.9. The minimum atomic E-state index is -0.488. The molecule has 0 aromatic carbocycles. The van der Waals surface area contributed by atoms with Gasteiger partial charge in [-0.2, -0.15) is 0 Å². The predicted octanol–water partition coefficient (Wildman–Crippen LogP) is 0.898. The lowest BCUT2D eigenvalue weighted by Crippen LogP contribution is -2.46. The Morgan fingerprint density at radius 2 is 1.82 bits per heavy atom. The van der Waals surface area contributed by atoms with Gasteiger partial charge in [-0.15, -0.1) is 0 Å². The molecule has 0 bridgehead atoms. The third kappa shape index (κ3) is 3.40. The third-order valence-electron chi connectivity index (χ3n) is 3.89. The Kier molecular flexibility index (Phi) is 4.29. The summed E-state index contributed by atoms with van der Waals surface area (Å²) in [6.45, 7) is 4.76. The molecule has 2 aromatic rings. The SMILES string of the molecule is NC(=O)c1cc(N2CCN(Cc3ccncc3)CC2)ccn1. The van der Waals surface area contributed by atoms with E-state index in [2.05, 4.69) is 19.8 Å². The molecule has 3 rings (SSSR count). The molecule has 6 heteroatoms. The highest BCUT2D eigenvalue weighted by Crippen LogP contribution is 2.17. The van der Waals surface area contributed by atoms with E-state index in [1.54, 1.807) is 12.3 Å². The van der Waals surface area contributed by atoms with Crippen LogP contribution in [-0.2, 0) is 6.54 Å². The van der Waals surface area contributed by atoms with Crippen LogP contribution in [0, 0.1) is 0 Å².